The van der Waals surface area contributed by atoms with E-state index in [1.807, 2.05) is 24.4 Å². The van der Waals surface area contributed by atoms with Crippen LogP contribution in [0.3, 0.4) is 0 Å². The van der Waals surface area contributed by atoms with Crippen molar-refractivity contribution in [3.8, 4) is 0 Å². The van der Waals surface area contributed by atoms with Gasteiger partial charge >= 0.3 is 17.8 Å². The fourth-order valence-corrected chi connectivity index (χ4v) is 3.04. The summed E-state index contributed by atoms with van der Waals surface area (Å²) < 4.78 is 1.55. The van der Waals surface area contributed by atoms with Crippen molar-refractivity contribution in [2.75, 3.05) is 0 Å². The molecule has 9 nitrogen and oxygen atoms in total. The molecule has 0 atom stereocenters. The van der Waals surface area contributed by atoms with Gasteiger partial charge in [0.05, 0.1) is 13.1 Å². The van der Waals surface area contributed by atoms with Crippen LogP contribution in [0.5, 0.6) is 0 Å². The Morgan fingerprint density at radius 1 is 1.12 bits per heavy atom. The highest BCUT2D eigenvalue weighted by molar-refractivity contribution is 7.09. The van der Waals surface area contributed by atoms with E-state index >= 15 is 0 Å². The van der Waals surface area contributed by atoms with Gasteiger partial charge in [-0.3, -0.25) is 14.5 Å². The molecule has 0 radical (unpaired) electrons. The third-order valence-electron chi connectivity index (χ3n) is 3.66. The van der Waals surface area contributed by atoms with E-state index < -0.39 is 17.8 Å². The first-order valence-electron chi connectivity index (χ1n) is 7.56. The molecule has 3 heterocycles. The normalized spacial score (nSPS) is 15.0. The summed E-state index contributed by atoms with van der Waals surface area (Å²) in [6, 6.07) is 3.00. The predicted octanol–water partition coefficient (Wildman–Crippen LogP) is 1.03. The van der Waals surface area contributed by atoms with Gasteiger partial charge in [-0.05, 0) is 28.3 Å². The number of nitrogens with zero attached hydrogens (tertiary/aromatic N) is 6. The molecule has 126 valence electrons. The highest BCUT2D eigenvalue weighted by Crippen LogP contribution is 2.20. The van der Waals surface area contributed by atoms with Gasteiger partial charge in [-0.25, -0.2) is 14.4 Å². The van der Waals surface area contributed by atoms with Crippen LogP contribution >= 0.6 is 11.3 Å². The van der Waals surface area contributed by atoms with Gasteiger partial charge in [0.2, 0.25) is 0 Å². The maximum absolute atomic E-state index is 12.4. The van der Waals surface area contributed by atoms with Crippen molar-refractivity contribution in [2.45, 2.75) is 39.4 Å². The van der Waals surface area contributed by atoms with Crippen LogP contribution in [0.4, 0.5) is 4.79 Å². The van der Waals surface area contributed by atoms with Gasteiger partial charge in [-0.2, -0.15) is 0 Å². The molecule has 3 rings (SSSR count). The third-order valence-corrected chi connectivity index (χ3v) is 4.52. The van der Waals surface area contributed by atoms with Crippen molar-refractivity contribution >= 4 is 29.2 Å². The molecule has 0 aromatic carbocycles. The summed E-state index contributed by atoms with van der Waals surface area (Å²) in [6.45, 7) is 2.62. The van der Waals surface area contributed by atoms with E-state index in [0.29, 0.717) is 12.4 Å². The lowest BCUT2D eigenvalue weighted by Gasteiger charge is -2.14. The molecule has 0 saturated carbocycles. The maximum atomic E-state index is 12.4. The van der Waals surface area contributed by atoms with Crippen molar-refractivity contribution in [1.29, 1.82) is 0 Å². The highest BCUT2D eigenvalue weighted by Gasteiger charge is 2.45. The minimum absolute atomic E-state index is 0.0956. The largest absolute Gasteiger partial charge is 0.334 e. The first kappa shape index (κ1) is 16.2. The highest BCUT2D eigenvalue weighted by atomic mass is 32.1. The van der Waals surface area contributed by atoms with Crippen LogP contribution < -0.4 is 0 Å². The van der Waals surface area contributed by atoms with Crippen molar-refractivity contribution in [3.63, 3.8) is 0 Å². The van der Waals surface area contributed by atoms with Gasteiger partial charge in [-0.15, -0.1) is 16.4 Å². The average molecular weight is 348 g/mol. The van der Waals surface area contributed by atoms with E-state index in [-0.39, 0.29) is 13.1 Å². The first-order valence-corrected chi connectivity index (χ1v) is 8.44. The minimum Gasteiger partial charge on any atom is -0.263 e. The summed E-state index contributed by atoms with van der Waals surface area (Å²) in [4.78, 5) is 39.4. The number of carbonyl (C=O) groups excluding carboxylic acids is 3. The fraction of sp³-hybridized carbons (Fsp3) is 0.429. The van der Waals surface area contributed by atoms with Crippen LogP contribution in [0.1, 0.15) is 30.5 Å². The van der Waals surface area contributed by atoms with Gasteiger partial charge < -0.3 is 0 Å². The molecule has 2 aromatic rings. The van der Waals surface area contributed by atoms with E-state index in [0.717, 1.165) is 27.5 Å². The molecule has 4 amide bonds. The molecule has 0 unspecified atom stereocenters. The van der Waals surface area contributed by atoms with Crippen LogP contribution in [-0.2, 0) is 29.2 Å². The molecular weight excluding hydrogens is 332 g/mol. The number of thiophene rings is 1. The SMILES string of the molecule is CCCCn1nnnc1CN1C(=O)C(=O)N(Cc2cccs2)C1=O. The Morgan fingerprint density at radius 3 is 2.54 bits per heavy atom. The van der Waals surface area contributed by atoms with Gasteiger partial charge in [-0.1, -0.05) is 19.4 Å². The summed E-state index contributed by atoms with van der Waals surface area (Å²) in [6.07, 6.45) is 1.84. The van der Waals surface area contributed by atoms with Crippen molar-refractivity contribution in [3.05, 3.63) is 28.2 Å². The molecule has 1 aliphatic heterocycles. The second-order valence-corrected chi connectivity index (χ2v) is 6.35. The molecule has 0 N–H and O–H groups in total. The lowest BCUT2D eigenvalue weighted by atomic mass is 10.3. The Kier molecular flexibility index (Phi) is 4.65. The van der Waals surface area contributed by atoms with Crippen molar-refractivity contribution < 1.29 is 14.4 Å². The second kappa shape index (κ2) is 6.87. The first-order chi connectivity index (χ1) is 11.6. The molecule has 0 bridgehead atoms. The summed E-state index contributed by atoms with van der Waals surface area (Å²) in [7, 11) is 0. The summed E-state index contributed by atoms with van der Waals surface area (Å²) >= 11 is 1.42. The van der Waals surface area contributed by atoms with E-state index in [2.05, 4.69) is 15.5 Å². The van der Waals surface area contributed by atoms with Crippen LogP contribution in [0.15, 0.2) is 17.5 Å². The maximum Gasteiger partial charge on any atom is 0.334 e. The molecule has 0 spiro atoms. The smallest absolute Gasteiger partial charge is 0.263 e. The van der Waals surface area contributed by atoms with Gasteiger partial charge in [0, 0.05) is 11.4 Å². The molecule has 0 aliphatic carbocycles. The summed E-state index contributed by atoms with van der Waals surface area (Å²) in [5.74, 6) is -1.28. The average Bonchev–Trinajstić information content (AvgIpc) is 3.28. The number of aryl methyl sites for hydroxylation is 1. The zero-order chi connectivity index (χ0) is 17.1. The lowest BCUT2D eigenvalue weighted by molar-refractivity contribution is -0.143. The van der Waals surface area contributed by atoms with Crippen LogP contribution in [-0.4, -0.2) is 47.9 Å². The fourth-order valence-electron chi connectivity index (χ4n) is 2.35. The quantitative estimate of drug-likeness (QED) is 0.547. The number of hydrogen-bond donors (Lipinski definition) is 0. The van der Waals surface area contributed by atoms with E-state index in [9.17, 15) is 14.4 Å². The Hall–Kier alpha value is -2.62. The molecule has 2 aromatic heterocycles. The number of tetrazole rings is 1. The number of urea groups is 1. The molecule has 24 heavy (non-hydrogen) atoms. The predicted molar refractivity (Wildman–Crippen MR) is 83.5 cm³/mol. The standard InChI is InChI=1S/C14H16N6O3S/c1-2-3-6-20-11(15-16-17-20)9-19-13(22)12(21)18(14(19)23)8-10-5-4-7-24-10/h4-5,7H,2-3,6,8-9H2,1H3. The summed E-state index contributed by atoms with van der Waals surface area (Å²) in [5.41, 5.74) is 0. The number of carbonyl (C=O) groups is 3. The van der Waals surface area contributed by atoms with Gasteiger partial charge in [0.25, 0.3) is 0 Å². The van der Waals surface area contributed by atoms with Crippen LogP contribution in [0.25, 0.3) is 0 Å². The minimum atomic E-state index is -0.846. The van der Waals surface area contributed by atoms with Gasteiger partial charge in [0.15, 0.2) is 5.82 Å². The Bertz CT molecular complexity index is 756. The molecule has 1 saturated heterocycles. The number of aromatic nitrogens is 4. The van der Waals surface area contributed by atoms with Crippen molar-refractivity contribution in [2.24, 2.45) is 0 Å². The Labute approximate surface area is 141 Å². The van der Waals surface area contributed by atoms with E-state index in [4.69, 9.17) is 0 Å². The number of rotatable bonds is 7. The number of amides is 4. The zero-order valence-electron chi connectivity index (χ0n) is 13.1. The number of unbranched alkanes of at least 4 members (excludes halogenated alkanes) is 1. The Morgan fingerprint density at radius 2 is 1.88 bits per heavy atom. The third kappa shape index (κ3) is 3.04. The molecule has 1 fully saturated rings. The molecule has 1 aliphatic rings. The topological polar surface area (TPSA) is 101 Å². The number of imide groups is 2. The summed E-state index contributed by atoms with van der Waals surface area (Å²) in [5, 5.41) is 13.1. The number of hydrogen-bond acceptors (Lipinski definition) is 7. The molecular formula is C14H16N6O3S. The van der Waals surface area contributed by atoms with Gasteiger partial charge in [0.1, 0.15) is 0 Å². The van der Waals surface area contributed by atoms with E-state index in [1.54, 1.807) is 4.68 Å². The lowest BCUT2D eigenvalue weighted by Crippen LogP contribution is -2.33. The van der Waals surface area contributed by atoms with Crippen LogP contribution in [0.2, 0.25) is 0 Å². The van der Waals surface area contributed by atoms with Crippen LogP contribution in [0, 0.1) is 0 Å². The van der Waals surface area contributed by atoms with Crippen molar-refractivity contribution in [1.82, 2.24) is 30.0 Å². The van der Waals surface area contributed by atoms with E-state index in [1.165, 1.54) is 11.3 Å². The zero-order valence-corrected chi connectivity index (χ0v) is 13.9. The molecule has 10 heteroatoms. The monoisotopic (exact) mass is 348 g/mol. The Balaban J connectivity index is 1.74. The second-order valence-electron chi connectivity index (χ2n) is 5.32.